The van der Waals surface area contributed by atoms with Gasteiger partial charge in [-0.3, -0.25) is 4.99 Å². The number of H-pyrrole nitrogens is 1. The second-order valence-electron chi connectivity index (χ2n) is 5.48. The van der Waals surface area contributed by atoms with Crippen molar-refractivity contribution in [2.75, 3.05) is 0 Å². The summed E-state index contributed by atoms with van der Waals surface area (Å²) in [6.07, 6.45) is 2.16. The molecule has 1 aliphatic rings. The molecule has 1 aromatic heterocycles. The van der Waals surface area contributed by atoms with E-state index in [0.29, 0.717) is 0 Å². The lowest BCUT2D eigenvalue weighted by Gasteiger charge is -1.99. The van der Waals surface area contributed by atoms with E-state index in [1.165, 1.54) is 27.6 Å². The third-order valence-electron chi connectivity index (χ3n) is 4.11. The number of hydrogen-bond donors (Lipinski definition) is 1. The van der Waals surface area contributed by atoms with Crippen LogP contribution in [-0.4, -0.2) is 10.7 Å². The molecule has 2 aromatic carbocycles. The molecule has 4 rings (SSSR count). The number of nitrogens with zero attached hydrogens (tertiary/aromatic N) is 1. The van der Waals surface area contributed by atoms with Crippen molar-refractivity contribution in [2.24, 2.45) is 4.99 Å². The van der Waals surface area contributed by atoms with E-state index in [9.17, 15) is 0 Å². The summed E-state index contributed by atoms with van der Waals surface area (Å²) in [5.74, 6) is 0. The van der Waals surface area contributed by atoms with Crippen LogP contribution in [0.25, 0.3) is 22.5 Å². The molecule has 0 saturated carbocycles. The first-order valence-corrected chi connectivity index (χ1v) is 7.18. The monoisotopic (exact) mass is 272 g/mol. The molecule has 3 aromatic rings. The molecule has 0 spiro atoms. The number of aryl methyl sites for hydroxylation is 1. The highest BCUT2D eigenvalue weighted by atomic mass is 14.8. The zero-order chi connectivity index (χ0) is 14.4. The highest BCUT2D eigenvalue weighted by Crippen LogP contribution is 2.32. The van der Waals surface area contributed by atoms with Gasteiger partial charge in [0.1, 0.15) is 0 Å². The van der Waals surface area contributed by atoms with Gasteiger partial charge in [-0.05, 0) is 19.9 Å². The molecule has 0 bridgehead atoms. The normalized spacial score (nSPS) is 15.5. The molecule has 1 aliphatic heterocycles. The Balaban J connectivity index is 1.93. The molecule has 0 amide bonds. The Kier molecular flexibility index (Phi) is 2.58. The van der Waals surface area contributed by atoms with Gasteiger partial charge >= 0.3 is 0 Å². The van der Waals surface area contributed by atoms with Crippen LogP contribution >= 0.6 is 0 Å². The molecule has 0 saturated heterocycles. The summed E-state index contributed by atoms with van der Waals surface area (Å²) >= 11 is 0. The molecule has 0 unspecified atom stereocenters. The highest BCUT2D eigenvalue weighted by Gasteiger charge is 2.17. The number of aliphatic imine (C=N–C) groups is 1. The van der Waals surface area contributed by atoms with Crippen LogP contribution in [-0.2, 0) is 0 Å². The summed E-state index contributed by atoms with van der Waals surface area (Å²) in [4.78, 5) is 8.21. The molecular formula is C19H16N2. The zero-order valence-corrected chi connectivity index (χ0v) is 12.1. The molecule has 0 radical (unpaired) electrons. The minimum Gasteiger partial charge on any atom is -0.358 e. The van der Waals surface area contributed by atoms with Crippen molar-refractivity contribution in [3.63, 3.8) is 0 Å². The summed E-state index contributed by atoms with van der Waals surface area (Å²) in [6, 6.07) is 16.9. The van der Waals surface area contributed by atoms with Crippen molar-refractivity contribution in [3.8, 4) is 0 Å². The number of aromatic nitrogens is 1. The predicted octanol–water partition coefficient (Wildman–Crippen LogP) is 4.80. The SMILES string of the molecule is CC1=NC(=Cc2[nH]c(C)c3ccccc23)c2ccccc21. The van der Waals surface area contributed by atoms with Crippen LogP contribution in [0.2, 0.25) is 0 Å². The Hall–Kier alpha value is -2.61. The maximum Gasteiger partial charge on any atom is 0.0733 e. The average Bonchev–Trinajstić information content (AvgIpc) is 3.00. The first kappa shape index (κ1) is 12.2. The van der Waals surface area contributed by atoms with Crippen molar-refractivity contribution < 1.29 is 0 Å². The quantitative estimate of drug-likeness (QED) is 0.659. The van der Waals surface area contributed by atoms with Crippen molar-refractivity contribution in [1.82, 2.24) is 4.98 Å². The molecule has 2 nitrogen and oxygen atoms in total. The molecule has 21 heavy (non-hydrogen) atoms. The number of hydrogen-bond acceptors (Lipinski definition) is 1. The van der Waals surface area contributed by atoms with Crippen LogP contribution in [0.15, 0.2) is 53.5 Å². The van der Waals surface area contributed by atoms with Gasteiger partial charge in [0.15, 0.2) is 0 Å². The van der Waals surface area contributed by atoms with Crippen LogP contribution in [0.3, 0.4) is 0 Å². The second-order valence-corrected chi connectivity index (χ2v) is 5.48. The maximum absolute atomic E-state index is 4.73. The van der Waals surface area contributed by atoms with E-state index in [2.05, 4.69) is 73.4 Å². The summed E-state index contributed by atoms with van der Waals surface area (Å²) < 4.78 is 0. The minimum absolute atomic E-state index is 1.04. The van der Waals surface area contributed by atoms with E-state index in [4.69, 9.17) is 4.99 Å². The topological polar surface area (TPSA) is 28.1 Å². The summed E-state index contributed by atoms with van der Waals surface area (Å²) in [6.45, 7) is 4.18. The standard InChI is InChI=1S/C19H16N2/c1-12-14-7-3-5-9-16(14)18(20-12)11-19-17-10-6-4-8-15(17)13(2)21-19/h3-11,20H,1-2H3. The van der Waals surface area contributed by atoms with Gasteiger partial charge in [0.2, 0.25) is 0 Å². The lowest BCUT2D eigenvalue weighted by atomic mass is 10.0. The molecular weight excluding hydrogens is 256 g/mol. The third kappa shape index (κ3) is 1.83. The van der Waals surface area contributed by atoms with Gasteiger partial charge in [-0.15, -0.1) is 0 Å². The van der Waals surface area contributed by atoms with Crippen LogP contribution in [0.1, 0.15) is 29.4 Å². The largest absolute Gasteiger partial charge is 0.358 e. The summed E-state index contributed by atoms with van der Waals surface area (Å²) in [5, 5.41) is 2.52. The van der Waals surface area contributed by atoms with E-state index in [1.807, 2.05) is 0 Å². The van der Waals surface area contributed by atoms with E-state index < -0.39 is 0 Å². The van der Waals surface area contributed by atoms with Crippen LogP contribution < -0.4 is 0 Å². The van der Waals surface area contributed by atoms with E-state index >= 15 is 0 Å². The van der Waals surface area contributed by atoms with Gasteiger partial charge < -0.3 is 4.98 Å². The van der Waals surface area contributed by atoms with E-state index in [0.717, 1.165) is 17.1 Å². The van der Waals surface area contributed by atoms with E-state index in [1.54, 1.807) is 0 Å². The first-order valence-electron chi connectivity index (χ1n) is 7.18. The summed E-state index contributed by atoms with van der Waals surface area (Å²) in [5.41, 5.74) is 6.90. The minimum atomic E-state index is 1.04. The Bertz CT molecular complexity index is 910. The van der Waals surface area contributed by atoms with Crippen molar-refractivity contribution in [2.45, 2.75) is 13.8 Å². The Morgan fingerprint density at radius 2 is 1.52 bits per heavy atom. The lowest BCUT2D eigenvalue weighted by molar-refractivity contribution is 1.26. The smallest absolute Gasteiger partial charge is 0.0733 e. The van der Waals surface area contributed by atoms with Crippen molar-refractivity contribution in [3.05, 3.63) is 71.0 Å². The fourth-order valence-corrected chi connectivity index (χ4v) is 3.07. The molecule has 2 heterocycles. The predicted molar refractivity (Wildman–Crippen MR) is 89.6 cm³/mol. The molecule has 0 atom stereocenters. The second kappa shape index (κ2) is 4.45. The zero-order valence-electron chi connectivity index (χ0n) is 12.1. The number of nitrogens with one attached hydrogen (secondary N) is 1. The van der Waals surface area contributed by atoms with Gasteiger partial charge in [0.25, 0.3) is 0 Å². The van der Waals surface area contributed by atoms with Gasteiger partial charge in [0, 0.05) is 39.0 Å². The van der Waals surface area contributed by atoms with E-state index in [-0.39, 0.29) is 0 Å². The Morgan fingerprint density at radius 3 is 2.33 bits per heavy atom. The van der Waals surface area contributed by atoms with Crippen LogP contribution in [0.4, 0.5) is 0 Å². The fourth-order valence-electron chi connectivity index (χ4n) is 3.07. The number of fused-ring (bicyclic) bond motifs is 2. The maximum atomic E-state index is 4.73. The molecule has 102 valence electrons. The molecule has 1 N–H and O–H groups in total. The number of benzene rings is 2. The number of rotatable bonds is 1. The lowest BCUT2D eigenvalue weighted by Crippen LogP contribution is -1.89. The first-order chi connectivity index (χ1) is 10.2. The van der Waals surface area contributed by atoms with Crippen LogP contribution in [0.5, 0.6) is 0 Å². The fraction of sp³-hybridized carbons (Fsp3) is 0.105. The molecule has 2 heteroatoms. The number of aromatic amines is 1. The van der Waals surface area contributed by atoms with Crippen LogP contribution in [0, 0.1) is 6.92 Å². The average molecular weight is 272 g/mol. The third-order valence-corrected chi connectivity index (χ3v) is 4.11. The highest BCUT2D eigenvalue weighted by molar-refractivity contribution is 6.12. The van der Waals surface area contributed by atoms with Crippen molar-refractivity contribution in [1.29, 1.82) is 0 Å². The van der Waals surface area contributed by atoms with Gasteiger partial charge in [-0.25, -0.2) is 0 Å². The van der Waals surface area contributed by atoms with Crippen molar-refractivity contribution >= 4 is 28.3 Å². The Morgan fingerprint density at radius 1 is 0.857 bits per heavy atom. The Labute approximate surface area is 123 Å². The van der Waals surface area contributed by atoms with Gasteiger partial charge in [-0.1, -0.05) is 48.5 Å². The summed E-state index contributed by atoms with van der Waals surface area (Å²) in [7, 11) is 0. The van der Waals surface area contributed by atoms with Gasteiger partial charge in [0.05, 0.1) is 5.70 Å². The molecule has 0 aliphatic carbocycles. The molecule has 0 fully saturated rings. The van der Waals surface area contributed by atoms with Gasteiger partial charge in [-0.2, -0.15) is 0 Å².